The van der Waals surface area contributed by atoms with E-state index in [1.807, 2.05) is 46.3 Å². The van der Waals surface area contributed by atoms with Crippen molar-refractivity contribution in [3.63, 3.8) is 0 Å². The molecule has 0 N–H and O–H groups in total. The zero-order valence-electron chi connectivity index (χ0n) is 16.3. The molecule has 0 saturated carbocycles. The van der Waals surface area contributed by atoms with E-state index in [1.54, 1.807) is 6.92 Å². The van der Waals surface area contributed by atoms with E-state index in [0.717, 1.165) is 48.5 Å². The van der Waals surface area contributed by atoms with Crippen molar-refractivity contribution in [2.45, 2.75) is 45.1 Å². The molecule has 28 heavy (non-hydrogen) atoms. The predicted octanol–water partition coefficient (Wildman–Crippen LogP) is 2.33. The molecule has 146 valence electrons. The Morgan fingerprint density at radius 2 is 1.96 bits per heavy atom. The Hall–Kier alpha value is -2.76. The van der Waals surface area contributed by atoms with Gasteiger partial charge in [-0.1, -0.05) is 30.3 Å². The number of carbonyl (C=O) groups is 2. The van der Waals surface area contributed by atoms with Gasteiger partial charge in [-0.05, 0) is 18.4 Å². The predicted molar refractivity (Wildman–Crippen MR) is 106 cm³/mol. The Balaban J connectivity index is 1.43. The van der Waals surface area contributed by atoms with Crippen LogP contribution < -0.4 is 0 Å². The van der Waals surface area contributed by atoms with E-state index >= 15 is 0 Å². The maximum Gasteiger partial charge on any atom is 0.227 e. The molecule has 2 aromatic rings. The second-order valence-electron chi connectivity index (χ2n) is 7.73. The minimum absolute atomic E-state index is 0.121. The van der Waals surface area contributed by atoms with Crippen LogP contribution in [0.15, 0.2) is 36.5 Å². The molecule has 4 rings (SSSR count). The second-order valence-corrected chi connectivity index (χ2v) is 7.73. The average molecular weight is 378 g/mol. The lowest BCUT2D eigenvalue weighted by Crippen LogP contribution is -2.39. The highest BCUT2D eigenvalue weighted by Crippen LogP contribution is 2.26. The minimum Gasteiger partial charge on any atom is -0.342 e. The van der Waals surface area contributed by atoms with Crippen LogP contribution in [0.2, 0.25) is 0 Å². The summed E-state index contributed by atoms with van der Waals surface area (Å²) in [6.07, 6.45) is 5.08. The summed E-state index contributed by atoms with van der Waals surface area (Å²) >= 11 is 0. The third kappa shape index (κ3) is 4.06. The number of rotatable bonds is 3. The number of amides is 2. The third-order valence-electron chi connectivity index (χ3n) is 5.74. The molecule has 0 radical (unpaired) electrons. The van der Waals surface area contributed by atoms with Crippen molar-refractivity contribution < 1.29 is 9.59 Å². The first kappa shape index (κ1) is 18.6. The van der Waals surface area contributed by atoms with Crippen LogP contribution in [-0.4, -0.2) is 51.2 Å². The summed E-state index contributed by atoms with van der Waals surface area (Å²) in [5.74, 6) is 1.31. The Labute approximate surface area is 165 Å². The van der Waals surface area contributed by atoms with Crippen LogP contribution in [0, 0.1) is 0 Å². The number of likely N-dealkylation sites (tertiary alicyclic amines) is 1. The van der Waals surface area contributed by atoms with Crippen LogP contribution in [0.5, 0.6) is 0 Å². The van der Waals surface area contributed by atoms with Gasteiger partial charge in [-0.2, -0.15) is 0 Å². The van der Waals surface area contributed by atoms with Crippen LogP contribution in [-0.2, 0) is 29.0 Å². The van der Waals surface area contributed by atoms with Gasteiger partial charge in [0.25, 0.3) is 0 Å². The van der Waals surface area contributed by atoms with Crippen molar-refractivity contribution in [2.24, 2.45) is 0 Å². The van der Waals surface area contributed by atoms with Gasteiger partial charge in [-0.3, -0.25) is 9.59 Å². The molecule has 1 fully saturated rings. The molecule has 0 aliphatic carbocycles. The standard InChI is InChI=1S/C22H26N4O2/c1-16(27)25-10-5-8-18(14-25)22-23-13-19-15-26(11-9-20(19)24-22)21(28)12-17-6-3-2-4-7-17/h2-4,6-7,13,18H,5,8-12,14-15H2,1H3/t18-/m1/s1. The van der Waals surface area contributed by atoms with Crippen LogP contribution in [0.4, 0.5) is 0 Å². The van der Waals surface area contributed by atoms with E-state index in [0.29, 0.717) is 26.1 Å². The fourth-order valence-corrected chi connectivity index (χ4v) is 4.10. The Morgan fingerprint density at radius 1 is 1.14 bits per heavy atom. The first-order valence-corrected chi connectivity index (χ1v) is 10.0. The van der Waals surface area contributed by atoms with Crippen LogP contribution in [0.3, 0.4) is 0 Å². The molecule has 1 aromatic carbocycles. The lowest BCUT2D eigenvalue weighted by Gasteiger charge is -2.32. The summed E-state index contributed by atoms with van der Waals surface area (Å²) in [6.45, 7) is 4.42. The summed E-state index contributed by atoms with van der Waals surface area (Å²) < 4.78 is 0. The van der Waals surface area contributed by atoms with Gasteiger partial charge in [0.05, 0.1) is 12.1 Å². The topological polar surface area (TPSA) is 66.4 Å². The number of nitrogens with zero attached hydrogens (tertiary/aromatic N) is 4. The highest BCUT2D eigenvalue weighted by molar-refractivity contribution is 5.79. The van der Waals surface area contributed by atoms with Gasteiger partial charge in [-0.15, -0.1) is 0 Å². The average Bonchev–Trinajstić information content (AvgIpc) is 2.73. The molecular formula is C22H26N4O2. The number of hydrogen-bond donors (Lipinski definition) is 0. The van der Waals surface area contributed by atoms with Gasteiger partial charge in [0.15, 0.2) is 0 Å². The first-order chi connectivity index (χ1) is 13.6. The van der Waals surface area contributed by atoms with Gasteiger partial charge in [0, 0.05) is 57.2 Å². The van der Waals surface area contributed by atoms with Gasteiger partial charge in [-0.25, -0.2) is 9.97 Å². The molecule has 6 heteroatoms. The van der Waals surface area contributed by atoms with Crippen molar-refractivity contribution in [1.82, 2.24) is 19.8 Å². The Kier molecular flexibility index (Phi) is 5.37. The quantitative estimate of drug-likeness (QED) is 0.822. The molecule has 1 saturated heterocycles. The van der Waals surface area contributed by atoms with E-state index in [1.165, 1.54) is 0 Å². The van der Waals surface area contributed by atoms with E-state index in [4.69, 9.17) is 4.98 Å². The van der Waals surface area contributed by atoms with Crippen LogP contribution in [0.1, 0.15) is 48.3 Å². The molecule has 1 atom stereocenters. The molecule has 3 heterocycles. The molecule has 2 aliphatic heterocycles. The summed E-state index contributed by atoms with van der Waals surface area (Å²) in [4.78, 5) is 37.5. The monoisotopic (exact) mass is 378 g/mol. The largest absolute Gasteiger partial charge is 0.342 e. The van der Waals surface area contributed by atoms with Crippen molar-refractivity contribution in [3.8, 4) is 0 Å². The summed E-state index contributed by atoms with van der Waals surface area (Å²) in [6, 6.07) is 9.85. The maximum absolute atomic E-state index is 12.6. The highest BCUT2D eigenvalue weighted by Gasteiger charge is 2.27. The molecule has 0 spiro atoms. The summed E-state index contributed by atoms with van der Waals surface area (Å²) in [7, 11) is 0. The van der Waals surface area contributed by atoms with Gasteiger partial charge < -0.3 is 9.80 Å². The van der Waals surface area contributed by atoms with Crippen molar-refractivity contribution in [2.75, 3.05) is 19.6 Å². The van der Waals surface area contributed by atoms with E-state index in [9.17, 15) is 9.59 Å². The lowest BCUT2D eigenvalue weighted by molar-refractivity contribution is -0.131. The van der Waals surface area contributed by atoms with Crippen LogP contribution in [0.25, 0.3) is 0 Å². The zero-order valence-corrected chi connectivity index (χ0v) is 16.3. The van der Waals surface area contributed by atoms with Gasteiger partial charge in [0.1, 0.15) is 5.82 Å². The number of carbonyl (C=O) groups excluding carboxylic acids is 2. The van der Waals surface area contributed by atoms with Gasteiger partial charge >= 0.3 is 0 Å². The lowest BCUT2D eigenvalue weighted by atomic mass is 9.96. The zero-order chi connectivity index (χ0) is 19.5. The molecule has 0 unspecified atom stereocenters. The molecular weight excluding hydrogens is 352 g/mol. The number of benzene rings is 1. The molecule has 0 bridgehead atoms. The minimum atomic E-state index is 0.121. The Morgan fingerprint density at radius 3 is 2.75 bits per heavy atom. The number of hydrogen-bond acceptors (Lipinski definition) is 4. The number of piperidine rings is 1. The fraction of sp³-hybridized carbons (Fsp3) is 0.455. The summed E-state index contributed by atoms with van der Waals surface area (Å²) in [5.41, 5.74) is 3.13. The first-order valence-electron chi connectivity index (χ1n) is 10.0. The fourth-order valence-electron chi connectivity index (χ4n) is 4.10. The summed E-state index contributed by atoms with van der Waals surface area (Å²) in [5, 5.41) is 0. The van der Waals surface area contributed by atoms with Crippen molar-refractivity contribution >= 4 is 11.8 Å². The highest BCUT2D eigenvalue weighted by atomic mass is 16.2. The van der Waals surface area contributed by atoms with E-state index in [-0.39, 0.29) is 17.7 Å². The smallest absolute Gasteiger partial charge is 0.227 e. The molecule has 2 amide bonds. The van der Waals surface area contributed by atoms with Crippen LogP contribution >= 0.6 is 0 Å². The number of fused-ring (bicyclic) bond motifs is 1. The van der Waals surface area contributed by atoms with Gasteiger partial charge in [0.2, 0.25) is 11.8 Å². The normalized spacial score (nSPS) is 19.2. The van der Waals surface area contributed by atoms with E-state index in [2.05, 4.69) is 4.98 Å². The molecule has 1 aromatic heterocycles. The SMILES string of the molecule is CC(=O)N1CCC[C@@H](c2ncc3c(n2)CCN(C(=O)Cc2ccccc2)C3)C1. The Bertz CT molecular complexity index is 868. The molecule has 6 nitrogen and oxygen atoms in total. The van der Waals surface area contributed by atoms with E-state index < -0.39 is 0 Å². The molecule has 2 aliphatic rings. The van der Waals surface area contributed by atoms with Crippen molar-refractivity contribution in [3.05, 3.63) is 59.2 Å². The van der Waals surface area contributed by atoms with Crippen molar-refractivity contribution in [1.29, 1.82) is 0 Å². The third-order valence-corrected chi connectivity index (χ3v) is 5.74. The maximum atomic E-state index is 12.6. The second kappa shape index (κ2) is 8.09. The number of aromatic nitrogens is 2.